The summed E-state index contributed by atoms with van der Waals surface area (Å²) in [6, 6.07) is 13.8. The Morgan fingerprint density at radius 3 is 1.52 bits per heavy atom. The van der Waals surface area contributed by atoms with Crippen molar-refractivity contribution < 1.29 is 0 Å². The summed E-state index contributed by atoms with van der Waals surface area (Å²) in [5.41, 5.74) is 6.10. The molecule has 0 N–H and O–H groups in total. The Morgan fingerprint density at radius 1 is 0.741 bits per heavy atom. The summed E-state index contributed by atoms with van der Waals surface area (Å²) < 4.78 is 2.40. The van der Waals surface area contributed by atoms with Crippen LogP contribution in [-0.2, 0) is 5.41 Å². The molecule has 2 heteroatoms. The van der Waals surface area contributed by atoms with Gasteiger partial charge < -0.3 is 0 Å². The van der Waals surface area contributed by atoms with Gasteiger partial charge in [-0.15, -0.1) is 0 Å². The second-order valence-electron chi connectivity index (χ2n) is 8.57. The van der Waals surface area contributed by atoms with E-state index in [-0.39, 0.29) is 5.41 Å². The number of rotatable bonds is 8. The van der Waals surface area contributed by atoms with Gasteiger partial charge in [0.15, 0.2) is 0 Å². The number of hydrogen-bond donors (Lipinski definition) is 0. The number of hydrogen-bond acceptors (Lipinski definition) is 0. The Labute approximate surface area is 182 Å². The normalized spacial score (nSPS) is 16.7. The molecule has 2 unspecified atom stereocenters. The summed E-state index contributed by atoms with van der Waals surface area (Å²) in [6.07, 6.45) is 7.58. The lowest BCUT2D eigenvalue weighted by molar-refractivity contribution is 0.344. The highest BCUT2D eigenvalue weighted by Crippen LogP contribution is 2.55. The molecule has 0 heterocycles. The molecular formula is C25H32Br2. The Kier molecular flexibility index (Phi) is 6.90. The molecule has 0 bridgehead atoms. The summed E-state index contributed by atoms with van der Waals surface area (Å²) in [7, 11) is 0. The fraction of sp³-hybridized carbons (Fsp3) is 0.520. The molecule has 0 spiro atoms. The largest absolute Gasteiger partial charge is 0.0651 e. The van der Waals surface area contributed by atoms with Crippen LogP contribution in [0.3, 0.4) is 0 Å². The van der Waals surface area contributed by atoms with Crippen molar-refractivity contribution in [1.82, 2.24) is 0 Å². The van der Waals surface area contributed by atoms with Crippen LogP contribution < -0.4 is 0 Å². The minimum absolute atomic E-state index is 0.144. The van der Waals surface area contributed by atoms with Crippen LogP contribution in [-0.4, -0.2) is 0 Å². The third kappa shape index (κ3) is 4.22. The van der Waals surface area contributed by atoms with Crippen LogP contribution in [0.25, 0.3) is 11.1 Å². The van der Waals surface area contributed by atoms with Gasteiger partial charge in [0, 0.05) is 14.4 Å². The minimum Gasteiger partial charge on any atom is -0.0651 e. The summed E-state index contributed by atoms with van der Waals surface area (Å²) in [5, 5.41) is 0. The van der Waals surface area contributed by atoms with Gasteiger partial charge in [0.25, 0.3) is 0 Å². The van der Waals surface area contributed by atoms with Crippen molar-refractivity contribution in [3.8, 4) is 11.1 Å². The number of fused-ring (bicyclic) bond motifs is 3. The molecule has 3 rings (SSSR count). The summed E-state index contributed by atoms with van der Waals surface area (Å²) in [4.78, 5) is 0. The highest BCUT2D eigenvalue weighted by molar-refractivity contribution is 9.10. The zero-order valence-corrected chi connectivity index (χ0v) is 20.3. The Morgan fingerprint density at radius 2 is 1.15 bits per heavy atom. The van der Waals surface area contributed by atoms with Gasteiger partial charge in [-0.2, -0.15) is 0 Å². The second kappa shape index (κ2) is 8.82. The first-order chi connectivity index (χ1) is 12.9. The zero-order valence-electron chi connectivity index (χ0n) is 17.1. The Hall–Kier alpha value is -0.600. The molecule has 0 fully saturated rings. The first kappa shape index (κ1) is 21.1. The van der Waals surface area contributed by atoms with Crippen molar-refractivity contribution in [2.24, 2.45) is 11.8 Å². The van der Waals surface area contributed by atoms with Gasteiger partial charge >= 0.3 is 0 Å². The Bertz CT molecular complexity index is 725. The number of benzene rings is 2. The minimum atomic E-state index is 0.144. The third-order valence-corrected chi connectivity index (χ3v) is 7.79. The van der Waals surface area contributed by atoms with E-state index < -0.39 is 0 Å². The van der Waals surface area contributed by atoms with Crippen LogP contribution in [0, 0.1) is 11.8 Å². The van der Waals surface area contributed by atoms with E-state index in [1.807, 2.05) is 0 Å². The smallest absolute Gasteiger partial charge is 0.0216 e. The van der Waals surface area contributed by atoms with Crippen LogP contribution in [0.5, 0.6) is 0 Å². The van der Waals surface area contributed by atoms with E-state index in [9.17, 15) is 0 Å². The molecule has 0 nitrogen and oxygen atoms in total. The first-order valence-electron chi connectivity index (χ1n) is 10.5. The lowest BCUT2D eigenvalue weighted by atomic mass is 9.69. The van der Waals surface area contributed by atoms with E-state index in [0.717, 1.165) is 11.8 Å². The fourth-order valence-electron chi connectivity index (χ4n) is 4.50. The molecule has 2 aromatic carbocycles. The maximum Gasteiger partial charge on any atom is 0.0216 e. The maximum absolute atomic E-state index is 3.75. The van der Waals surface area contributed by atoms with E-state index in [4.69, 9.17) is 0 Å². The van der Waals surface area contributed by atoms with Gasteiger partial charge in [-0.3, -0.25) is 0 Å². The van der Waals surface area contributed by atoms with Crippen LogP contribution in [0.4, 0.5) is 0 Å². The monoisotopic (exact) mass is 490 g/mol. The Balaban J connectivity index is 2.14. The van der Waals surface area contributed by atoms with Crippen molar-refractivity contribution in [3.05, 3.63) is 56.5 Å². The van der Waals surface area contributed by atoms with E-state index in [2.05, 4.69) is 96.0 Å². The average molecular weight is 492 g/mol. The van der Waals surface area contributed by atoms with Gasteiger partial charge in [-0.25, -0.2) is 0 Å². The van der Waals surface area contributed by atoms with Crippen LogP contribution in [0.1, 0.15) is 77.3 Å². The van der Waals surface area contributed by atoms with Gasteiger partial charge in [0.2, 0.25) is 0 Å². The molecule has 0 saturated carbocycles. The summed E-state index contributed by atoms with van der Waals surface area (Å²) in [5.74, 6) is 1.55. The highest BCUT2D eigenvalue weighted by Gasteiger charge is 2.42. The van der Waals surface area contributed by atoms with Gasteiger partial charge in [0.1, 0.15) is 0 Å². The van der Waals surface area contributed by atoms with Crippen molar-refractivity contribution in [2.45, 2.75) is 71.6 Å². The first-order valence-corrected chi connectivity index (χ1v) is 12.1. The van der Waals surface area contributed by atoms with Gasteiger partial charge in [0.05, 0.1) is 0 Å². The fourth-order valence-corrected chi connectivity index (χ4v) is 5.22. The van der Waals surface area contributed by atoms with E-state index in [1.54, 1.807) is 0 Å². The van der Waals surface area contributed by atoms with Crippen molar-refractivity contribution in [3.63, 3.8) is 0 Å². The standard InChI is InChI=1S/C25H32Br2/c1-5-17(3)11-13-25(14-12-18(4)6-2)23-15-19(26)7-9-21(23)22-10-8-20(27)16-24(22)25/h7-10,15-18H,5-6,11-14H2,1-4H3. The van der Waals surface area contributed by atoms with E-state index >= 15 is 0 Å². The quantitative estimate of drug-likeness (QED) is 0.345. The van der Waals surface area contributed by atoms with E-state index in [0.29, 0.717) is 0 Å². The molecule has 1 aliphatic carbocycles. The van der Waals surface area contributed by atoms with Crippen LogP contribution >= 0.6 is 31.9 Å². The molecule has 0 saturated heterocycles. The lowest BCUT2D eigenvalue weighted by Gasteiger charge is -2.34. The van der Waals surface area contributed by atoms with Gasteiger partial charge in [-0.1, -0.05) is 84.5 Å². The molecule has 27 heavy (non-hydrogen) atoms. The molecule has 0 aromatic heterocycles. The predicted molar refractivity (Wildman–Crippen MR) is 125 cm³/mol. The molecule has 2 aromatic rings. The molecule has 1 aliphatic rings. The summed E-state index contributed by atoms with van der Waals surface area (Å²) in [6.45, 7) is 9.45. The highest BCUT2D eigenvalue weighted by atomic mass is 79.9. The van der Waals surface area contributed by atoms with Crippen molar-refractivity contribution in [2.75, 3.05) is 0 Å². The molecular weight excluding hydrogens is 460 g/mol. The van der Waals surface area contributed by atoms with Crippen LogP contribution in [0.15, 0.2) is 45.3 Å². The molecule has 2 atom stereocenters. The zero-order chi connectivity index (χ0) is 19.6. The molecule has 0 amide bonds. The van der Waals surface area contributed by atoms with E-state index in [1.165, 1.54) is 69.7 Å². The second-order valence-corrected chi connectivity index (χ2v) is 10.4. The predicted octanol–water partition coefficient (Wildman–Crippen LogP) is 9.13. The summed E-state index contributed by atoms with van der Waals surface area (Å²) >= 11 is 7.51. The maximum atomic E-state index is 3.75. The van der Waals surface area contributed by atoms with Gasteiger partial charge in [-0.05, 0) is 84.0 Å². The third-order valence-electron chi connectivity index (χ3n) is 6.81. The molecule has 146 valence electrons. The average Bonchev–Trinajstić information content (AvgIpc) is 2.93. The topological polar surface area (TPSA) is 0 Å². The lowest BCUT2D eigenvalue weighted by Crippen LogP contribution is -2.27. The number of halogens is 2. The van der Waals surface area contributed by atoms with Crippen molar-refractivity contribution in [1.29, 1.82) is 0 Å². The van der Waals surface area contributed by atoms with Crippen molar-refractivity contribution >= 4 is 31.9 Å². The SMILES string of the molecule is CCC(C)CCC1(CCC(C)CC)c2cc(Br)ccc2-c2ccc(Br)cc21. The van der Waals surface area contributed by atoms with Crippen LogP contribution in [0.2, 0.25) is 0 Å². The molecule has 0 radical (unpaired) electrons. The molecule has 0 aliphatic heterocycles.